The van der Waals surface area contributed by atoms with E-state index in [9.17, 15) is 5.11 Å². The number of hydrogen-bond donors (Lipinski definition) is 2. The van der Waals surface area contributed by atoms with Crippen molar-refractivity contribution in [1.82, 2.24) is 5.32 Å². The molecule has 1 unspecified atom stereocenters. The van der Waals surface area contributed by atoms with Gasteiger partial charge < -0.3 is 10.4 Å². The molecule has 0 radical (unpaired) electrons. The van der Waals surface area contributed by atoms with Crippen LogP contribution in [0.25, 0.3) is 0 Å². The first-order valence-electron chi connectivity index (χ1n) is 4.59. The Morgan fingerprint density at radius 1 is 1.46 bits per heavy atom. The van der Waals surface area contributed by atoms with Gasteiger partial charge in [-0.15, -0.1) is 0 Å². The highest BCUT2D eigenvalue weighted by Gasteiger charge is 2.04. The molecule has 2 heteroatoms. The summed E-state index contributed by atoms with van der Waals surface area (Å²) >= 11 is 0. The van der Waals surface area contributed by atoms with Crippen LogP contribution in [0.1, 0.15) is 18.1 Å². The standard InChI is InChI=1S/C11H17NO/c1-8-4-5-10(11(13)6-8)7-9(2)12-3/h4-6,9,12-13H,7H2,1-3H3. The molecule has 0 bridgehead atoms. The highest BCUT2D eigenvalue weighted by molar-refractivity contribution is 5.36. The van der Waals surface area contributed by atoms with Crippen LogP contribution in [0.2, 0.25) is 0 Å². The van der Waals surface area contributed by atoms with Crippen molar-refractivity contribution >= 4 is 0 Å². The van der Waals surface area contributed by atoms with E-state index in [4.69, 9.17) is 0 Å². The predicted octanol–water partition coefficient (Wildman–Crippen LogP) is 1.85. The van der Waals surface area contributed by atoms with Gasteiger partial charge in [0.15, 0.2) is 0 Å². The number of benzene rings is 1. The predicted molar refractivity (Wildman–Crippen MR) is 55.1 cm³/mol. The second-order valence-electron chi connectivity index (χ2n) is 3.53. The SMILES string of the molecule is CNC(C)Cc1ccc(C)cc1O. The van der Waals surface area contributed by atoms with Crippen LogP contribution >= 0.6 is 0 Å². The second-order valence-corrected chi connectivity index (χ2v) is 3.53. The van der Waals surface area contributed by atoms with Crippen LogP contribution in [-0.2, 0) is 6.42 Å². The number of rotatable bonds is 3. The highest BCUT2D eigenvalue weighted by atomic mass is 16.3. The quantitative estimate of drug-likeness (QED) is 0.742. The van der Waals surface area contributed by atoms with Gasteiger partial charge in [0.05, 0.1) is 0 Å². The van der Waals surface area contributed by atoms with E-state index in [1.807, 2.05) is 26.1 Å². The van der Waals surface area contributed by atoms with E-state index >= 15 is 0 Å². The molecule has 0 saturated heterocycles. The van der Waals surface area contributed by atoms with Crippen molar-refractivity contribution in [2.45, 2.75) is 26.3 Å². The van der Waals surface area contributed by atoms with Gasteiger partial charge in [-0.1, -0.05) is 12.1 Å². The maximum atomic E-state index is 9.61. The third kappa shape index (κ3) is 2.74. The van der Waals surface area contributed by atoms with Crippen molar-refractivity contribution in [3.63, 3.8) is 0 Å². The summed E-state index contributed by atoms with van der Waals surface area (Å²) in [5.41, 5.74) is 2.10. The maximum Gasteiger partial charge on any atom is 0.119 e. The van der Waals surface area contributed by atoms with Crippen LogP contribution in [-0.4, -0.2) is 18.2 Å². The summed E-state index contributed by atoms with van der Waals surface area (Å²) < 4.78 is 0. The van der Waals surface area contributed by atoms with Crippen molar-refractivity contribution in [2.75, 3.05) is 7.05 Å². The zero-order valence-corrected chi connectivity index (χ0v) is 8.46. The zero-order valence-electron chi connectivity index (χ0n) is 8.46. The molecule has 0 aliphatic rings. The molecule has 2 nitrogen and oxygen atoms in total. The van der Waals surface area contributed by atoms with Crippen molar-refractivity contribution in [2.24, 2.45) is 0 Å². The van der Waals surface area contributed by atoms with E-state index in [-0.39, 0.29) is 0 Å². The molecule has 0 saturated carbocycles. The molecule has 0 aliphatic heterocycles. The fraction of sp³-hybridized carbons (Fsp3) is 0.455. The molecule has 0 heterocycles. The fourth-order valence-corrected chi connectivity index (χ4v) is 1.28. The van der Waals surface area contributed by atoms with E-state index in [0.29, 0.717) is 11.8 Å². The minimum Gasteiger partial charge on any atom is -0.508 e. The normalized spacial score (nSPS) is 12.8. The van der Waals surface area contributed by atoms with Crippen molar-refractivity contribution in [3.8, 4) is 5.75 Å². The van der Waals surface area contributed by atoms with E-state index in [1.54, 1.807) is 6.07 Å². The molecule has 0 aromatic heterocycles. The lowest BCUT2D eigenvalue weighted by atomic mass is 10.0. The van der Waals surface area contributed by atoms with Crippen LogP contribution in [0.5, 0.6) is 5.75 Å². The monoisotopic (exact) mass is 179 g/mol. The zero-order chi connectivity index (χ0) is 9.84. The molecule has 72 valence electrons. The number of phenols is 1. The number of likely N-dealkylation sites (N-methyl/N-ethyl adjacent to an activating group) is 1. The summed E-state index contributed by atoms with van der Waals surface area (Å²) in [6.45, 7) is 4.07. The molecule has 13 heavy (non-hydrogen) atoms. The van der Waals surface area contributed by atoms with Gasteiger partial charge in [0.25, 0.3) is 0 Å². The summed E-state index contributed by atoms with van der Waals surface area (Å²) in [5, 5.41) is 12.8. The topological polar surface area (TPSA) is 32.3 Å². The first-order chi connectivity index (χ1) is 6.13. The van der Waals surface area contributed by atoms with E-state index < -0.39 is 0 Å². The summed E-state index contributed by atoms with van der Waals surface area (Å²) in [7, 11) is 1.93. The van der Waals surface area contributed by atoms with Crippen molar-refractivity contribution in [1.29, 1.82) is 0 Å². The Morgan fingerprint density at radius 3 is 2.69 bits per heavy atom. The van der Waals surface area contributed by atoms with Gasteiger partial charge in [-0.05, 0) is 44.5 Å². The summed E-state index contributed by atoms with van der Waals surface area (Å²) in [5.74, 6) is 0.405. The molecule has 2 N–H and O–H groups in total. The number of hydrogen-bond acceptors (Lipinski definition) is 2. The van der Waals surface area contributed by atoms with E-state index in [2.05, 4.69) is 12.2 Å². The largest absolute Gasteiger partial charge is 0.508 e. The van der Waals surface area contributed by atoms with Gasteiger partial charge in [0.1, 0.15) is 5.75 Å². The van der Waals surface area contributed by atoms with Gasteiger partial charge in [-0.25, -0.2) is 0 Å². The van der Waals surface area contributed by atoms with Crippen molar-refractivity contribution < 1.29 is 5.11 Å². The molecular formula is C11H17NO. The van der Waals surface area contributed by atoms with Gasteiger partial charge >= 0.3 is 0 Å². The molecule has 0 spiro atoms. The third-order valence-electron chi connectivity index (χ3n) is 2.26. The highest BCUT2D eigenvalue weighted by Crippen LogP contribution is 2.19. The Morgan fingerprint density at radius 2 is 2.15 bits per heavy atom. The third-order valence-corrected chi connectivity index (χ3v) is 2.26. The molecule has 0 amide bonds. The lowest BCUT2D eigenvalue weighted by Crippen LogP contribution is -2.23. The van der Waals surface area contributed by atoms with Crippen LogP contribution < -0.4 is 5.32 Å². The van der Waals surface area contributed by atoms with Gasteiger partial charge in [-0.3, -0.25) is 0 Å². The number of aromatic hydroxyl groups is 1. The van der Waals surface area contributed by atoms with Crippen LogP contribution in [0.15, 0.2) is 18.2 Å². The van der Waals surface area contributed by atoms with Gasteiger partial charge in [-0.2, -0.15) is 0 Å². The molecule has 0 fully saturated rings. The van der Waals surface area contributed by atoms with Crippen molar-refractivity contribution in [3.05, 3.63) is 29.3 Å². The van der Waals surface area contributed by atoms with Gasteiger partial charge in [0, 0.05) is 6.04 Å². The summed E-state index contributed by atoms with van der Waals surface area (Å²) in [6.07, 6.45) is 0.864. The molecule has 0 aliphatic carbocycles. The molecule has 1 aromatic carbocycles. The molecule has 1 atom stereocenters. The first kappa shape index (κ1) is 10.1. The summed E-state index contributed by atoms with van der Waals surface area (Å²) in [6, 6.07) is 6.21. The fourth-order valence-electron chi connectivity index (χ4n) is 1.28. The van der Waals surface area contributed by atoms with E-state index in [1.165, 1.54) is 0 Å². The Hall–Kier alpha value is -1.02. The smallest absolute Gasteiger partial charge is 0.119 e. The molecular weight excluding hydrogens is 162 g/mol. The van der Waals surface area contributed by atoms with Gasteiger partial charge in [0.2, 0.25) is 0 Å². The summed E-state index contributed by atoms with van der Waals surface area (Å²) in [4.78, 5) is 0. The Kier molecular flexibility index (Phi) is 3.32. The first-order valence-corrected chi connectivity index (χ1v) is 4.59. The Labute approximate surface area is 79.6 Å². The lowest BCUT2D eigenvalue weighted by molar-refractivity contribution is 0.462. The number of phenolic OH excluding ortho intramolecular Hbond substituents is 1. The Bertz CT molecular complexity index is 283. The lowest BCUT2D eigenvalue weighted by Gasteiger charge is -2.11. The van der Waals surface area contributed by atoms with Crippen LogP contribution in [0, 0.1) is 6.92 Å². The average molecular weight is 179 g/mol. The van der Waals surface area contributed by atoms with Crippen LogP contribution in [0.3, 0.4) is 0 Å². The average Bonchev–Trinajstić information content (AvgIpc) is 2.09. The minimum atomic E-state index is 0.397. The number of aryl methyl sites for hydroxylation is 1. The van der Waals surface area contributed by atoms with Crippen LogP contribution in [0.4, 0.5) is 0 Å². The maximum absolute atomic E-state index is 9.61. The molecule has 1 rings (SSSR count). The number of nitrogens with one attached hydrogen (secondary N) is 1. The Balaban J connectivity index is 2.77. The molecule has 1 aromatic rings. The second kappa shape index (κ2) is 4.28. The van der Waals surface area contributed by atoms with E-state index in [0.717, 1.165) is 17.5 Å². The minimum absolute atomic E-state index is 0.397.